The predicted molar refractivity (Wildman–Crippen MR) is 85.3 cm³/mol. The fraction of sp³-hybridized carbons (Fsp3) is 0.222. The highest BCUT2D eigenvalue weighted by Gasteiger charge is 2.21. The van der Waals surface area contributed by atoms with Crippen LogP contribution in [0.3, 0.4) is 0 Å². The fourth-order valence-electron chi connectivity index (χ4n) is 2.86. The lowest BCUT2D eigenvalue weighted by Gasteiger charge is -2.14. The molecule has 4 heteroatoms. The number of aliphatic carboxylic acids is 1. The predicted octanol–water partition coefficient (Wildman–Crippen LogP) is 2.96. The highest BCUT2D eigenvalue weighted by Crippen LogP contribution is 2.32. The van der Waals surface area contributed by atoms with E-state index in [9.17, 15) is 4.79 Å². The highest BCUT2D eigenvalue weighted by molar-refractivity contribution is 5.85. The van der Waals surface area contributed by atoms with Gasteiger partial charge in [-0.15, -0.1) is 0 Å². The molecule has 0 spiro atoms. The maximum Gasteiger partial charge on any atom is 0.328 e. The van der Waals surface area contributed by atoms with E-state index in [4.69, 9.17) is 5.11 Å². The molecule has 1 aromatic carbocycles. The number of carbonyl (C=O) groups is 1. The summed E-state index contributed by atoms with van der Waals surface area (Å²) in [6, 6.07) is 10.5. The van der Waals surface area contributed by atoms with Gasteiger partial charge in [0.2, 0.25) is 0 Å². The molecule has 2 aromatic rings. The van der Waals surface area contributed by atoms with Gasteiger partial charge in [0.05, 0.1) is 0 Å². The maximum absolute atomic E-state index is 10.6. The molecule has 0 bridgehead atoms. The monoisotopic (exact) mass is 294 g/mol. The molecule has 1 aliphatic rings. The van der Waals surface area contributed by atoms with Crippen molar-refractivity contribution >= 4 is 12.0 Å². The number of carboxylic acid groups (broad SMARTS) is 1. The Morgan fingerprint density at radius 2 is 2.32 bits per heavy atom. The molecule has 112 valence electrons. The molecule has 0 radical (unpaired) electrons. The molecule has 3 rings (SSSR count). The van der Waals surface area contributed by atoms with Gasteiger partial charge in [0.25, 0.3) is 0 Å². The van der Waals surface area contributed by atoms with Crippen LogP contribution in [-0.2, 0) is 17.8 Å². The molecule has 1 atom stereocenters. The van der Waals surface area contributed by atoms with Crippen molar-refractivity contribution in [1.82, 2.24) is 10.3 Å². The Balaban J connectivity index is 1.68. The number of aryl methyl sites for hydroxylation is 1. The Bertz CT molecular complexity index is 695. The Morgan fingerprint density at radius 3 is 3.09 bits per heavy atom. The lowest BCUT2D eigenvalue weighted by Crippen LogP contribution is -2.18. The molecule has 0 aliphatic heterocycles. The second-order valence-electron chi connectivity index (χ2n) is 5.46. The van der Waals surface area contributed by atoms with Crippen LogP contribution < -0.4 is 5.32 Å². The quantitative estimate of drug-likeness (QED) is 0.832. The summed E-state index contributed by atoms with van der Waals surface area (Å²) in [6.07, 6.45) is 8.56. The normalized spacial score (nSPS) is 16.8. The third-order valence-corrected chi connectivity index (χ3v) is 3.94. The summed E-state index contributed by atoms with van der Waals surface area (Å²) in [6.45, 7) is 0.804. The number of fused-ring (bicyclic) bond motifs is 1. The summed E-state index contributed by atoms with van der Waals surface area (Å²) in [7, 11) is 0. The topological polar surface area (TPSA) is 62.2 Å². The van der Waals surface area contributed by atoms with Gasteiger partial charge in [0.1, 0.15) is 0 Å². The van der Waals surface area contributed by atoms with Crippen molar-refractivity contribution in [1.29, 1.82) is 0 Å². The average Bonchev–Trinajstić information content (AvgIpc) is 2.94. The van der Waals surface area contributed by atoms with Gasteiger partial charge < -0.3 is 10.4 Å². The molecular weight excluding hydrogens is 276 g/mol. The minimum atomic E-state index is -0.920. The number of aromatic nitrogens is 1. The van der Waals surface area contributed by atoms with Gasteiger partial charge in [-0.2, -0.15) is 0 Å². The summed E-state index contributed by atoms with van der Waals surface area (Å²) in [5, 5.41) is 12.3. The van der Waals surface area contributed by atoms with Crippen LogP contribution in [0.1, 0.15) is 34.7 Å². The SMILES string of the molecule is O=C(O)C=Cc1ccc2c(c1)CCC2NCc1cccnc1. The van der Waals surface area contributed by atoms with E-state index in [1.165, 1.54) is 22.8 Å². The number of hydrogen-bond acceptors (Lipinski definition) is 3. The van der Waals surface area contributed by atoms with Crippen molar-refractivity contribution in [2.24, 2.45) is 0 Å². The first-order valence-electron chi connectivity index (χ1n) is 7.38. The Morgan fingerprint density at radius 1 is 1.41 bits per heavy atom. The lowest BCUT2D eigenvalue weighted by molar-refractivity contribution is -0.131. The number of nitrogens with one attached hydrogen (secondary N) is 1. The van der Waals surface area contributed by atoms with E-state index < -0.39 is 5.97 Å². The van der Waals surface area contributed by atoms with E-state index in [2.05, 4.69) is 28.5 Å². The number of rotatable bonds is 5. The number of benzene rings is 1. The molecule has 1 aliphatic carbocycles. The summed E-state index contributed by atoms with van der Waals surface area (Å²) in [4.78, 5) is 14.7. The summed E-state index contributed by atoms with van der Waals surface area (Å²) >= 11 is 0. The fourth-order valence-corrected chi connectivity index (χ4v) is 2.86. The maximum atomic E-state index is 10.6. The molecule has 0 fully saturated rings. The summed E-state index contributed by atoms with van der Waals surface area (Å²) in [5.74, 6) is -0.920. The summed E-state index contributed by atoms with van der Waals surface area (Å²) in [5.41, 5.74) is 4.73. The average molecular weight is 294 g/mol. The van der Waals surface area contributed by atoms with Gasteiger partial charge >= 0.3 is 5.97 Å². The molecule has 2 N–H and O–H groups in total. The molecule has 0 amide bonds. The number of pyridine rings is 1. The third kappa shape index (κ3) is 3.40. The van der Waals surface area contributed by atoms with Crippen molar-refractivity contribution in [2.45, 2.75) is 25.4 Å². The van der Waals surface area contributed by atoms with Crippen LogP contribution in [-0.4, -0.2) is 16.1 Å². The van der Waals surface area contributed by atoms with Crippen molar-refractivity contribution in [3.05, 3.63) is 71.1 Å². The molecular formula is C18H18N2O2. The Kier molecular flexibility index (Phi) is 4.30. The van der Waals surface area contributed by atoms with Gasteiger partial charge in [0.15, 0.2) is 0 Å². The van der Waals surface area contributed by atoms with Crippen LogP contribution in [0.2, 0.25) is 0 Å². The molecule has 1 heterocycles. The summed E-state index contributed by atoms with van der Waals surface area (Å²) < 4.78 is 0. The van der Waals surface area contributed by atoms with E-state index in [-0.39, 0.29) is 0 Å². The minimum absolute atomic E-state index is 0.354. The minimum Gasteiger partial charge on any atom is -0.478 e. The highest BCUT2D eigenvalue weighted by atomic mass is 16.4. The zero-order valence-corrected chi connectivity index (χ0v) is 12.2. The van der Waals surface area contributed by atoms with Crippen LogP contribution in [0, 0.1) is 0 Å². The Labute approximate surface area is 129 Å². The first-order valence-corrected chi connectivity index (χ1v) is 7.38. The number of hydrogen-bond donors (Lipinski definition) is 2. The molecule has 1 unspecified atom stereocenters. The molecule has 0 saturated heterocycles. The van der Waals surface area contributed by atoms with Crippen molar-refractivity contribution in [3.8, 4) is 0 Å². The van der Waals surface area contributed by atoms with E-state index in [0.717, 1.165) is 24.9 Å². The van der Waals surface area contributed by atoms with Gasteiger partial charge in [0, 0.05) is 31.1 Å². The Hall–Kier alpha value is -2.46. The largest absolute Gasteiger partial charge is 0.478 e. The van der Waals surface area contributed by atoms with E-state index in [1.807, 2.05) is 18.3 Å². The zero-order valence-electron chi connectivity index (χ0n) is 12.2. The van der Waals surface area contributed by atoms with Crippen molar-refractivity contribution in [2.75, 3.05) is 0 Å². The van der Waals surface area contributed by atoms with Gasteiger partial charge in [-0.25, -0.2) is 4.79 Å². The van der Waals surface area contributed by atoms with Crippen LogP contribution in [0.25, 0.3) is 6.08 Å². The molecule has 22 heavy (non-hydrogen) atoms. The molecule has 0 saturated carbocycles. The van der Waals surface area contributed by atoms with Crippen molar-refractivity contribution in [3.63, 3.8) is 0 Å². The van der Waals surface area contributed by atoms with E-state index >= 15 is 0 Å². The first kappa shape index (κ1) is 14.5. The molecule has 4 nitrogen and oxygen atoms in total. The van der Waals surface area contributed by atoms with Crippen LogP contribution in [0.5, 0.6) is 0 Å². The standard InChI is InChI=1S/C18H18N2O2/c21-18(22)8-4-13-3-6-16-15(10-13)5-7-17(16)20-12-14-2-1-9-19-11-14/h1-4,6,8-11,17,20H,5,7,12H2,(H,21,22). The van der Waals surface area contributed by atoms with Crippen LogP contribution in [0.4, 0.5) is 0 Å². The van der Waals surface area contributed by atoms with Crippen LogP contribution >= 0.6 is 0 Å². The van der Waals surface area contributed by atoms with Gasteiger partial charge in [-0.3, -0.25) is 4.98 Å². The molecule has 1 aromatic heterocycles. The number of nitrogens with zero attached hydrogens (tertiary/aromatic N) is 1. The zero-order chi connectivity index (χ0) is 15.4. The first-order chi connectivity index (χ1) is 10.7. The second kappa shape index (κ2) is 6.54. The van der Waals surface area contributed by atoms with E-state index in [1.54, 1.807) is 12.3 Å². The van der Waals surface area contributed by atoms with E-state index in [0.29, 0.717) is 6.04 Å². The lowest BCUT2D eigenvalue weighted by atomic mass is 10.0. The third-order valence-electron chi connectivity index (χ3n) is 3.94. The van der Waals surface area contributed by atoms with Gasteiger partial charge in [-0.1, -0.05) is 24.3 Å². The van der Waals surface area contributed by atoms with Crippen molar-refractivity contribution < 1.29 is 9.90 Å². The smallest absolute Gasteiger partial charge is 0.328 e. The number of carboxylic acids is 1. The van der Waals surface area contributed by atoms with Crippen LogP contribution in [0.15, 0.2) is 48.8 Å². The second-order valence-corrected chi connectivity index (χ2v) is 5.46. The van der Waals surface area contributed by atoms with Gasteiger partial charge in [-0.05, 0) is 47.2 Å².